The second-order valence-electron chi connectivity index (χ2n) is 6.36. The van der Waals surface area contributed by atoms with Crippen molar-refractivity contribution >= 4 is 22.8 Å². The van der Waals surface area contributed by atoms with Crippen LogP contribution in [0.25, 0.3) is 11.0 Å². The second kappa shape index (κ2) is 9.09. The van der Waals surface area contributed by atoms with Crippen LogP contribution in [-0.2, 0) is 20.7 Å². The number of carbonyl (C=O) groups is 2. The molecule has 0 radical (unpaired) electrons. The van der Waals surface area contributed by atoms with Gasteiger partial charge in [-0.1, -0.05) is 17.3 Å². The van der Waals surface area contributed by atoms with Gasteiger partial charge in [0.1, 0.15) is 17.2 Å². The standard InChI is InChI=1S/C21H22N2O6/c1-13(16-10-14(26-2)8-9-18(16)27-3)22-20(24)12-28-21(25)11-17-15-6-4-5-7-19(15)29-23-17/h4-10,13H,11-12H2,1-3H3,(H,22,24)/t13-/m0/s1. The molecule has 29 heavy (non-hydrogen) atoms. The van der Waals surface area contributed by atoms with E-state index in [4.69, 9.17) is 18.7 Å². The van der Waals surface area contributed by atoms with Crippen molar-refractivity contribution in [2.24, 2.45) is 0 Å². The molecule has 3 aromatic rings. The number of benzene rings is 2. The van der Waals surface area contributed by atoms with Crippen LogP contribution in [0, 0.1) is 0 Å². The maximum absolute atomic E-state index is 12.2. The Bertz CT molecular complexity index is 1010. The maximum atomic E-state index is 12.2. The van der Waals surface area contributed by atoms with Crippen LogP contribution in [0.15, 0.2) is 47.0 Å². The van der Waals surface area contributed by atoms with Crippen molar-refractivity contribution in [2.75, 3.05) is 20.8 Å². The molecule has 8 nitrogen and oxygen atoms in total. The topological polar surface area (TPSA) is 99.9 Å². The van der Waals surface area contributed by atoms with E-state index in [9.17, 15) is 9.59 Å². The van der Waals surface area contributed by atoms with Crippen molar-refractivity contribution in [3.63, 3.8) is 0 Å². The Morgan fingerprint density at radius 3 is 2.69 bits per heavy atom. The molecule has 1 heterocycles. The van der Waals surface area contributed by atoms with Crippen LogP contribution >= 0.6 is 0 Å². The van der Waals surface area contributed by atoms with E-state index in [1.165, 1.54) is 0 Å². The van der Waals surface area contributed by atoms with Gasteiger partial charge in [-0.3, -0.25) is 9.59 Å². The van der Waals surface area contributed by atoms with E-state index in [1.807, 2.05) is 18.2 Å². The fraction of sp³-hybridized carbons (Fsp3) is 0.286. The zero-order chi connectivity index (χ0) is 20.8. The van der Waals surface area contributed by atoms with Crippen molar-refractivity contribution < 1.29 is 28.3 Å². The summed E-state index contributed by atoms with van der Waals surface area (Å²) in [7, 11) is 3.11. The van der Waals surface area contributed by atoms with Gasteiger partial charge in [0.05, 0.1) is 26.7 Å². The molecule has 0 saturated heterocycles. The number of rotatable bonds is 8. The van der Waals surface area contributed by atoms with Gasteiger partial charge in [0.15, 0.2) is 12.2 Å². The Kier molecular flexibility index (Phi) is 6.33. The van der Waals surface area contributed by atoms with Gasteiger partial charge in [0.2, 0.25) is 0 Å². The molecule has 0 spiro atoms. The number of hydrogen-bond donors (Lipinski definition) is 1. The molecule has 1 N–H and O–H groups in total. The summed E-state index contributed by atoms with van der Waals surface area (Å²) in [5, 5.41) is 7.41. The Morgan fingerprint density at radius 2 is 1.93 bits per heavy atom. The Labute approximate surface area is 167 Å². The van der Waals surface area contributed by atoms with Crippen LogP contribution in [0.3, 0.4) is 0 Å². The molecule has 8 heteroatoms. The average Bonchev–Trinajstić information content (AvgIpc) is 3.14. The van der Waals surface area contributed by atoms with Gasteiger partial charge < -0.3 is 24.1 Å². The number of carbonyl (C=O) groups excluding carboxylic acids is 2. The monoisotopic (exact) mass is 398 g/mol. The zero-order valence-corrected chi connectivity index (χ0v) is 16.4. The third-order valence-electron chi connectivity index (χ3n) is 4.41. The van der Waals surface area contributed by atoms with Crippen molar-refractivity contribution in [1.29, 1.82) is 0 Å². The third kappa shape index (κ3) is 4.84. The molecule has 0 fully saturated rings. The predicted molar refractivity (Wildman–Crippen MR) is 105 cm³/mol. The Hall–Kier alpha value is -3.55. The van der Waals surface area contributed by atoms with Gasteiger partial charge >= 0.3 is 5.97 Å². The van der Waals surface area contributed by atoms with Crippen molar-refractivity contribution in [1.82, 2.24) is 10.5 Å². The first kappa shape index (κ1) is 20.2. The predicted octanol–water partition coefficient (Wildman–Crippen LogP) is 2.81. The molecule has 0 bridgehead atoms. The molecule has 0 aliphatic heterocycles. The van der Waals surface area contributed by atoms with Gasteiger partial charge in [-0.25, -0.2) is 0 Å². The molecule has 1 amide bonds. The molecular formula is C21H22N2O6. The molecule has 0 saturated carbocycles. The van der Waals surface area contributed by atoms with E-state index in [-0.39, 0.29) is 12.5 Å². The summed E-state index contributed by atoms with van der Waals surface area (Å²) in [4.78, 5) is 24.3. The number of nitrogens with one attached hydrogen (secondary N) is 1. The normalized spacial score (nSPS) is 11.7. The summed E-state index contributed by atoms with van der Waals surface area (Å²) in [6.07, 6.45) is -0.0798. The van der Waals surface area contributed by atoms with Gasteiger partial charge in [-0.05, 0) is 37.3 Å². The molecular weight excluding hydrogens is 376 g/mol. The van der Waals surface area contributed by atoms with E-state index >= 15 is 0 Å². The fourth-order valence-electron chi connectivity index (χ4n) is 2.94. The lowest BCUT2D eigenvalue weighted by Gasteiger charge is -2.18. The summed E-state index contributed by atoms with van der Waals surface area (Å²) in [6, 6.07) is 12.2. The highest BCUT2D eigenvalue weighted by atomic mass is 16.5. The number of ether oxygens (including phenoxy) is 3. The minimum Gasteiger partial charge on any atom is -0.497 e. The van der Waals surface area contributed by atoms with E-state index in [0.29, 0.717) is 22.8 Å². The summed E-state index contributed by atoms with van der Waals surface area (Å²) >= 11 is 0. The van der Waals surface area contributed by atoms with E-state index in [2.05, 4.69) is 10.5 Å². The van der Waals surface area contributed by atoms with E-state index in [1.54, 1.807) is 45.4 Å². The lowest BCUT2D eigenvalue weighted by Crippen LogP contribution is -2.31. The molecule has 0 unspecified atom stereocenters. The van der Waals surface area contributed by atoms with Crippen LogP contribution in [0.4, 0.5) is 0 Å². The van der Waals surface area contributed by atoms with Gasteiger partial charge in [0, 0.05) is 10.9 Å². The molecule has 3 rings (SSSR count). The zero-order valence-electron chi connectivity index (χ0n) is 16.4. The van der Waals surface area contributed by atoms with Crippen LogP contribution in [0.2, 0.25) is 0 Å². The number of aromatic nitrogens is 1. The highest BCUT2D eigenvalue weighted by Crippen LogP contribution is 2.29. The van der Waals surface area contributed by atoms with Gasteiger partial charge in [0.25, 0.3) is 5.91 Å². The summed E-state index contributed by atoms with van der Waals surface area (Å²) in [5.74, 6) is 0.272. The third-order valence-corrected chi connectivity index (χ3v) is 4.41. The highest BCUT2D eigenvalue weighted by molar-refractivity contribution is 5.85. The minimum absolute atomic E-state index is 0.0798. The Balaban J connectivity index is 1.55. The second-order valence-corrected chi connectivity index (χ2v) is 6.36. The minimum atomic E-state index is -0.564. The first-order valence-electron chi connectivity index (χ1n) is 9.02. The SMILES string of the molecule is COc1ccc(OC)c([C@H](C)NC(=O)COC(=O)Cc2noc3ccccc23)c1. The number of nitrogens with zero attached hydrogens (tertiary/aromatic N) is 1. The van der Waals surface area contributed by atoms with Crippen LogP contribution in [0.5, 0.6) is 11.5 Å². The quantitative estimate of drug-likeness (QED) is 0.582. The highest BCUT2D eigenvalue weighted by Gasteiger charge is 2.18. The summed E-state index contributed by atoms with van der Waals surface area (Å²) in [6.45, 7) is 1.41. The summed E-state index contributed by atoms with van der Waals surface area (Å²) in [5.41, 5.74) is 1.81. The fourth-order valence-corrected chi connectivity index (χ4v) is 2.94. The van der Waals surface area contributed by atoms with Gasteiger partial charge in [-0.2, -0.15) is 0 Å². The summed E-state index contributed by atoms with van der Waals surface area (Å²) < 4.78 is 20.8. The molecule has 0 aliphatic carbocycles. The number of methoxy groups -OCH3 is 2. The van der Waals surface area contributed by atoms with Crippen molar-refractivity contribution in [3.05, 3.63) is 53.7 Å². The van der Waals surface area contributed by atoms with Crippen molar-refractivity contribution in [2.45, 2.75) is 19.4 Å². The smallest absolute Gasteiger partial charge is 0.312 e. The molecule has 1 aromatic heterocycles. The van der Waals surface area contributed by atoms with E-state index < -0.39 is 18.5 Å². The largest absolute Gasteiger partial charge is 0.497 e. The first-order chi connectivity index (χ1) is 14.0. The van der Waals surface area contributed by atoms with Crippen LogP contribution in [0.1, 0.15) is 24.2 Å². The molecule has 2 aromatic carbocycles. The van der Waals surface area contributed by atoms with Gasteiger partial charge in [-0.15, -0.1) is 0 Å². The first-order valence-corrected chi connectivity index (χ1v) is 9.02. The van der Waals surface area contributed by atoms with Crippen molar-refractivity contribution in [3.8, 4) is 11.5 Å². The van der Waals surface area contributed by atoms with Crippen LogP contribution in [-0.4, -0.2) is 37.9 Å². The number of fused-ring (bicyclic) bond motifs is 1. The molecule has 1 atom stereocenters. The van der Waals surface area contributed by atoms with E-state index in [0.717, 1.165) is 10.9 Å². The average molecular weight is 398 g/mol. The molecule has 152 valence electrons. The number of amides is 1. The maximum Gasteiger partial charge on any atom is 0.312 e. The number of hydrogen-bond acceptors (Lipinski definition) is 7. The lowest BCUT2D eigenvalue weighted by atomic mass is 10.1. The number of esters is 1. The molecule has 0 aliphatic rings. The lowest BCUT2D eigenvalue weighted by molar-refractivity contribution is -0.148. The number of para-hydroxylation sites is 1. The Morgan fingerprint density at radius 1 is 1.14 bits per heavy atom. The van der Waals surface area contributed by atoms with Crippen LogP contribution < -0.4 is 14.8 Å².